The molecule has 2 nitrogen and oxygen atoms in total. The first-order valence-corrected chi connectivity index (χ1v) is 8.30. The van der Waals surface area contributed by atoms with E-state index in [2.05, 4.69) is 52.6 Å². The molecule has 1 unspecified atom stereocenters. The number of hydrogen-bond donors (Lipinski definition) is 1. The van der Waals surface area contributed by atoms with E-state index in [1.54, 1.807) is 11.3 Å². The monoisotopic (exact) mass is 331 g/mol. The molecule has 1 aromatic rings. The molecule has 0 aliphatic heterocycles. The smallest absolute Gasteiger partial charge is 0.220 e. The maximum Gasteiger partial charge on any atom is 0.220 e. The van der Waals surface area contributed by atoms with Crippen LogP contribution in [0.1, 0.15) is 38.0 Å². The van der Waals surface area contributed by atoms with Crippen molar-refractivity contribution in [2.45, 2.75) is 44.4 Å². The highest BCUT2D eigenvalue weighted by Crippen LogP contribution is 2.13. The van der Waals surface area contributed by atoms with Gasteiger partial charge in [-0.15, -0.1) is 11.3 Å². The minimum absolute atomic E-state index is 0.166. The highest BCUT2D eigenvalue weighted by Gasteiger charge is 2.08. The molecule has 0 radical (unpaired) electrons. The summed E-state index contributed by atoms with van der Waals surface area (Å²) in [5, 5.41) is 5.07. The van der Waals surface area contributed by atoms with Gasteiger partial charge in [0.2, 0.25) is 5.91 Å². The molecule has 0 spiro atoms. The SMILES string of the molecule is CC(C)CC(Br)CNC(=O)CCCc1cccs1. The molecule has 1 N–H and O–H groups in total. The Bertz CT molecular complexity index is 338. The molecule has 0 saturated carbocycles. The summed E-state index contributed by atoms with van der Waals surface area (Å²) in [6, 6.07) is 4.18. The van der Waals surface area contributed by atoms with E-state index in [9.17, 15) is 4.79 Å². The maximum absolute atomic E-state index is 11.6. The second-order valence-electron chi connectivity index (χ2n) is 4.96. The average molecular weight is 332 g/mol. The van der Waals surface area contributed by atoms with Gasteiger partial charge in [-0.1, -0.05) is 35.8 Å². The number of thiophene rings is 1. The molecule has 0 aliphatic rings. The van der Waals surface area contributed by atoms with Crippen molar-refractivity contribution >= 4 is 33.2 Å². The third kappa shape index (κ3) is 7.17. The summed E-state index contributed by atoms with van der Waals surface area (Å²) in [5.41, 5.74) is 0. The number of amides is 1. The van der Waals surface area contributed by atoms with Gasteiger partial charge in [0.05, 0.1) is 0 Å². The summed E-state index contributed by atoms with van der Waals surface area (Å²) in [5.74, 6) is 0.824. The number of rotatable bonds is 8. The van der Waals surface area contributed by atoms with Crippen LogP contribution in [0.5, 0.6) is 0 Å². The third-order valence-corrected chi connectivity index (χ3v) is 4.29. The molecule has 1 amide bonds. The summed E-state index contributed by atoms with van der Waals surface area (Å²) < 4.78 is 0. The molecular weight excluding hydrogens is 310 g/mol. The normalized spacial score (nSPS) is 12.7. The minimum Gasteiger partial charge on any atom is -0.355 e. The lowest BCUT2D eigenvalue weighted by molar-refractivity contribution is -0.121. The summed E-state index contributed by atoms with van der Waals surface area (Å²) in [6.45, 7) is 5.12. The zero-order valence-electron chi connectivity index (χ0n) is 11.1. The van der Waals surface area contributed by atoms with Crippen molar-refractivity contribution in [3.8, 4) is 0 Å². The number of nitrogens with one attached hydrogen (secondary N) is 1. The standard InChI is InChI=1S/C14H22BrNOS/c1-11(2)9-12(15)10-16-14(17)7-3-5-13-6-4-8-18-13/h4,6,8,11-12H,3,5,7,9-10H2,1-2H3,(H,16,17). The summed E-state index contributed by atoms with van der Waals surface area (Å²) >= 11 is 5.35. The number of alkyl halides is 1. The van der Waals surface area contributed by atoms with Crippen molar-refractivity contribution in [3.63, 3.8) is 0 Å². The van der Waals surface area contributed by atoms with Crippen LogP contribution in [0, 0.1) is 5.92 Å². The number of carbonyl (C=O) groups excluding carboxylic acids is 1. The second kappa shape index (κ2) is 8.70. The fourth-order valence-corrected chi connectivity index (χ4v) is 3.45. The van der Waals surface area contributed by atoms with Gasteiger partial charge in [0.15, 0.2) is 0 Å². The highest BCUT2D eigenvalue weighted by molar-refractivity contribution is 9.09. The van der Waals surface area contributed by atoms with E-state index < -0.39 is 0 Å². The lowest BCUT2D eigenvalue weighted by Gasteiger charge is -2.13. The van der Waals surface area contributed by atoms with E-state index in [-0.39, 0.29) is 5.91 Å². The molecule has 0 aromatic carbocycles. The van der Waals surface area contributed by atoms with Gasteiger partial charge in [0.1, 0.15) is 0 Å². The third-order valence-electron chi connectivity index (χ3n) is 2.65. The molecule has 1 atom stereocenters. The van der Waals surface area contributed by atoms with E-state index in [0.717, 1.165) is 25.8 Å². The van der Waals surface area contributed by atoms with Crippen LogP contribution < -0.4 is 5.32 Å². The average Bonchev–Trinajstić information content (AvgIpc) is 2.78. The Morgan fingerprint density at radius 2 is 2.28 bits per heavy atom. The Labute approximate surface area is 122 Å². The fraction of sp³-hybridized carbons (Fsp3) is 0.643. The number of halogens is 1. The van der Waals surface area contributed by atoms with Gasteiger partial charge in [0.25, 0.3) is 0 Å². The molecule has 0 saturated heterocycles. The summed E-state index contributed by atoms with van der Waals surface area (Å²) in [7, 11) is 0. The van der Waals surface area contributed by atoms with E-state index in [4.69, 9.17) is 0 Å². The Morgan fingerprint density at radius 1 is 1.50 bits per heavy atom. The Kier molecular flexibility index (Phi) is 7.59. The van der Waals surface area contributed by atoms with Crippen LogP contribution in [0.15, 0.2) is 17.5 Å². The molecular formula is C14H22BrNOS. The topological polar surface area (TPSA) is 29.1 Å². The van der Waals surface area contributed by atoms with Gasteiger partial charge in [0, 0.05) is 22.7 Å². The van der Waals surface area contributed by atoms with E-state index in [0.29, 0.717) is 17.2 Å². The summed E-state index contributed by atoms with van der Waals surface area (Å²) in [4.78, 5) is 13.4. The van der Waals surface area contributed by atoms with Gasteiger partial charge in [-0.05, 0) is 36.6 Å². The largest absolute Gasteiger partial charge is 0.355 e. The Balaban J connectivity index is 2.07. The molecule has 102 valence electrons. The first kappa shape index (κ1) is 15.7. The predicted molar refractivity (Wildman–Crippen MR) is 82.4 cm³/mol. The fourth-order valence-electron chi connectivity index (χ4n) is 1.79. The highest BCUT2D eigenvalue weighted by atomic mass is 79.9. The van der Waals surface area contributed by atoms with Gasteiger partial charge in [-0.3, -0.25) is 4.79 Å². The van der Waals surface area contributed by atoms with Crippen LogP contribution in [-0.2, 0) is 11.2 Å². The van der Waals surface area contributed by atoms with Crippen LogP contribution in [0.3, 0.4) is 0 Å². The Hall–Kier alpha value is -0.350. The quantitative estimate of drug-likeness (QED) is 0.717. The van der Waals surface area contributed by atoms with Gasteiger partial charge >= 0.3 is 0 Å². The molecule has 1 heterocycles. The maximum atomic E-state index is 11.6. The van der Waals surface area contributed by atoms with Gasteiger partial charge < -0.3 is 5.32 Å². The van der Waals surface area contributed by atoms with Gasteiger partial charge in [-0.25, -0.2) is 0 Å². The lowest BCUT2D eigenvalue weighted by atomic mass is 10.1. The van der Waals surface area contributed by atoms with Crippen molar-refractivity contribution in [2.75, 3.05) is 6.54 Å². The molecule has 0 fully saturated rings. The van der Waals surface area contributed by atoms with Crippen molar-refractivity contribution in [3.05, 3.63) is 22.4 Å². The van der Waals surface area contributed by atoms with Crippen LogP contribution in [0.2, 0.25) is 0 Å². The van der Waals surface area contributed by atoms with Crippen LogP contribution in [0.4, 0.5) is 0 Å². The van der Waals surface area contributed by atoms with E-state index in [1.807, 2.05) is 0 Å². The zero-order valence-corrected chi connectivity index (χ0v) is 13.5. The van der Waals surface area contributed by atoms with Crippen LogP contribution >= 0.6 is 27.3 Å². The molecule has 1 rings (SSSR count). The van der Waals surface area contributed by atoms with Crippen molar-refractivity contribution in [1.29, 1.82) is 0 Å². The summed E-state index contributed by atoms with van der Waals surface area (Å²) in [6.07, 6.45) is 3.66. The van der Waals surface area contributed by atoms with Crippen molar-refractivity contribution in [1.82, 2.24) is 5.32 Å². The number of carbonyl (C=O) groups is 1. The van der Waals surface area contributed by atoms with E-state index >= 15 is 0 Å². The minimum atomic E-state index is 0.166. The molecule has 4 heteroatoms. The van der Waals surface area contributed by atoms with Crippen molar-refractivity contribution in [2.24, 2.45) is 5.92 Å². The van der Waals surface area contributed by atoms with Gasteiger partial charge in [-0.2, -0.15) is 0 Å². The van der Waals surface area contributed by atoms with Crippen LogP contribution in [-0.4, -0.2) is 17.3 Å². The lowest BCUT2D eigenvalue weighted by Crippen LogP contribution is -2.29. The second-order valence-corrected chi connectivity index (χ2v) is 7.29. The van der Waals surface area contributed by atoms with Crippen LogP contribution in [0.25, 0.3) is 0 Å². The van der Waals surface area contributed by atoms with E-state index in [1.165, 1.54) is 4.88 Å². The predicted octanol–water partition coefficient (Wildman–Crippen LogP) is 4.00. The number of hydrogen-bond acceptors (Lipinski definition) is 2. The Morgan fingerprint density at radius 3 is 2.89 bits per heavy atom. The molecule has 1 aromatic heterocycles. The molecule has 0 aliphatic carbocycles. The first-order valence-electron chi connectivity index (χ1n) is 6.51. The molecule has 0 bridgehead atoms. The zero-order chi connectivity index (χ0) is 13.4. The molecule has 18 heavy (non-hydrogen) atoms. The first-order chi connectivity index (χ1) is 8.58. The van der Waals surface area contributed by atoms with Crippen molar-refractivity contribution < 1.29 is 4.79 Å². The number of aryl methyl sites for hydroxylation is 1.